The minimum atomic E-state index is -4.00. The van der Waals surface area contributed by atoms with E-state index < -0.39 is 28.7 Å². The van der Waals surface area contributed by atoms with Gasteiger partial charge in [0.25, 0.3) is 0 Å². The second-order valence-electron chi connectivity index (χ2n) is 10.3. The van der Waals surface area contributed by atoms with E-state index in [4.69, 9.17) is 0 Å². The molecule has 1 unspecified atom stereocenters. The molecule has 1 atom stereocenters. The number of hydrogen-bond donors (Lipinski definition) is 1. The van der Waals surface area contributed by atoms with E-state index in [9.17, 15) is 18.0 Å². The normalized spacial score (nSPS) is 14.6. The van der Waals surface area contributed by atoms with Crippen molar-refractivity contribution in [3.8, 4) is 0 Å². The average molecular weight is 563 g/mol. The van der Waals surface area contributed by atoms with Crippen LogP contribution >= 0.6 is 0 Å². The van der Waals surface area contributed by atoms with E-state index in [0.717, 1.165) is 45.4 Å². The molecule has 8 nitrogen and oxygen atoms in total. The van der Waals surface area contributed by atoms with Crippen molar-refractivity contribution in [2.24, 2.45) is 0 Å². The van der Waals surface area contributed by atoms with Gasteiger partial charge in [-0.25, -0.2) is 4.31 Å². The highest BCUT2D eigenvalue weighted by Crippen LogP contribution is 2.23. The predicted molar refractivity (Wildman–Crippen MR) is 158 cm³/mol. The fourth-order valence-corrected chi connectivity index (χ4v) is 6.07. The van der Waals surface area contributed by atoms with Gasteiger partial charge in [0.1, 0.15) is 12.6 Å². The van der Waals surface area contributed by atoms with Gasteiger partial charge >= 0.3 is 10.2 Å². The first-order chi connectivity index (χ1) is 19.3. The maximum Gasteiger partial charge on any atom is 0.304 e. The van der Waals surface area contributed by atoms with E-state index in [-0.39, 0.29) is 18.5 Å². The van der Waals surface area contributed by atoms with Crippen LogP contribution in [-0.4, -0.2) is 62.2 Å². The van der Waals surface area contributed by atoms with Crippen LogP contribution in [0.3, 0.4) is 0 Å². The summed E-state index contributed by atoms with van der Waals surface area (Å²) >= 11 is 0. The Morgan fingerprint density at radius 3 is 1.90 bits per heavy atom. The Morgan fingerprint density at radius 1 is 0.825 bits per heavy atom. The van der Waals surface area contributed by atoms with Gasteiger partial charge in [-0.1, -0.05) is 91.7 Å². The van der Waals surface area contributed by atoms with E-state index in [1.54, 1.807) is 30.3 Å². The molecule has 2 amide bonds. The number of amides is 2. The van der Waals surface area contributed by atoms with Crippen molar-refractivity contribution in [2.75, 3.05) is 24.9 Å². The number of carbonyl (C=O) groups excluding carboxylic acids is 2. The summed E-state index contributed by atoms with van der Waals surface area (Å²) in [5.74, 6) is -0.678. The summed E-state index contributed by atoms with van der Waals surface area (Å²) in [6, 6.07) is 26.9. The van der Waals surface area contributed by atoms with Crippen LogP contribution < -0.4 is 9.62 Å². The second kappa shape index (κ2) is 13.6. The molecular formula is C31H38N4O4S. The lowest BCUT2D eigenvalue weighted by molar-refractivity contribution is -0.140. The first-order valence-corrected chi connectivity index (χ1v) is 15.1. The van der Waals surface area contributed by atoms with Crippen LogP contribution in [0.25, 0.3) is 0 Å². The lowest BCUT2D eigenvalue weighted by Gasteiger charge is -2.35. The molecule has 0 heterocycles. The Kier molecular flexibility index (Phi) is 9.95. The maximum atomic E-state index is 14.2. The van der Waals surface area contributed by atoms with Gasteiger partial charge in [0.2, 0.25) is 11.8 Å². The topological polar surface area (TPSA) is 90.0 Å². The molecule has 1 fully saturated rings. The number of rotatable bonds is 12. The third kappa shape index (κ3) is 7.49. The molecule has 1 saturated carbocycles. The van der Waals surface area contributed by atoms with Crippen LogP contribution in [0, 0.1) is 0 Å². The van der Waals surface area contributed by atoms with E-state index in [1.807, 2.05) is 60.7 Å². The number of hydrogen-bond acceptors (Lipinski definition) is 4. The molecule has 9 heteroatoms. The zero-order valence-electron chi connectivity index (χ0n) is 23.1. The largest absolute Gasteiger partial charge is 0.352 e. The molecular weight excluding hydrogens is 524 g/mol. The van der Waals surface area contributed by atoms with E-state index in [0.29, 0.717) is 12.1 Å². The molecule has 1 aliphatic carbocycles. The Morgan fingerprint density at radius 2 is 1.35 bits per heavy atom. The molecule has 0 spiro atoms. The zero-order valence-corrected chi connectivity index (χ0v) is 24.0. The van der Waals surface area contributed by atoms with Gasteiger partial charge in [-0.05, 0) is 36.1 Å². The number of nitrogens with one attached hydrogen (secondary N) is 1. The van der Waals surface area contributed by atoms with Crippen LogP contribution in [0.15, 0.2) is 91.0 Å². The summed E-state index contributed by atoms with van der Waals surface area (Å²) in [6.45, 7) is -0.279. The summed E-state index contributed by atoms with van der Waals surface area (Å²) in [6.07, 6.45) is 4.27. The Hall–Kier alpha value is -3.69. The van der Waals surface area contributed by atoms with Crippen molar-refractivity contribution in [1.29, 1.82) is 0 Å². The lowest BCUT2D eigenvalue weighted by atomic mass is 10.0. The standard InChI is InChI=1S/C31H38N4O4S/c1-33(2)40(38,39)35(28-20-10-5-11-21-28)24-30(36)34(23-26-16-8-4-9-17-26)29(22-25-14-6-3-7-15-25)31(37)32-27-18-12-13-19-27/h3-11,14-17,20-21,27,29H,12-13,18-19,22-24H2,1-2H3,(H,32,37). The molecule has 0 radical (unpaired) electrons. The Balaban J connectivity index is 1.72. The van der Waals surface area contributed by atoms with Crippen LogP contribution in [-0.2, 0) is 32.8 Å². The van der Waals surface area contributed by atoms with Gasteiger partial charge in [0, 0.05) is 33.1 Å². The maximum absolute atomic E-state index is 14.2. The minimum absolute atomic E-state index is 0.0781. The smallest absolute Gasteiger partial charge is 0.304 e. The van der Waals surface area contributed by atoms with Crippen molar-refractivity contribution in [2.45, 2.75) is 50.7 Å². The van der Waals surface area contributed by atoms with Crippen LogP contribution in [0.2, 0.25) is 0 Å². The fourth-order valence-electron chi connectivity index (χ4n) is 5.01. The minimum Gasteiger partial charge on any atom is -0.352 e. The van der Waals surface area contributed by atoms with Gasteiger partial charge < -0.3 is 10.2 Å². The van der Waals surface area contributed by atoms with Crippen molar-refractivity contribution in [1.82, 2.24) is 14.5 Å². The highest BCUT2D eigenvalue weighted by molar-refractivity contribution is 7.90. The van der Waals surface area contributed by atoms with Crippen LogP contribution in [0.4, 0.5) is 5.69 Å². The lowest BCUT2D eigenvalue weighted by Crippen LogP contribution is -2.55. The number of para-hydroxylation sites is 1. The molecule has 0 bridgehead atoms. The highest BCUT2D eigenvalue weighted by atomic mass is 32.2. The fraction of sp³-hybridized carbons (Fsp3) is 0.355. The zero-order chi connectivity index (χ0) is 28.5. The van der Waals surface area contributed by atoms with E-state index in [2.05, 4.69) is 5.32 Å². The van der Waals surface area contributed by atoms with Gasteiger partial charge in [0.05, 0.1) is 5.69 Å². The summed E-state index contributed by atoms with van der Waals surface area (Å²) in [5, 5.41) is 3.18. The summed E-state index contributed by atoms with van der Waals surface area (Å²) < 4.78 is 28.9. The Labute approximate surface area is 237 Å². The molecule has 3 aromatic carbocycles. The number of nitrogens with zero attached hydrogens (tertiary/aromatic N) is 3. The Bertz CT molecular complexity index is 1350. The monoisotopic (exact) mass is 562 g/mol. The first kappa shape index (κ1) is 29.3. The third-order valence-corrected chi connectivity index (χ3v) is 9.05. The predicted octanol–water partition coefficient (Wildman–Crippen LogP) is 4.00. The average Bonchev–Trinajstić information content (AvgIpc) is 3.48. The SMILES string of the molecule is CN(C)S(=O)(=O)N(CC(=O)N(Cc1ccccc1)C(Cc1ccccc1)C(=O)NC1CCCC1)c1ccccc1. The molecule has 0 aromatic heterocycles. The van der Waals surface area contributed by atoms with Gasteiger partial charge in [-0.15, -0.1) is 0 Å². The van der Waals surface area contributed by atoms with Crippen molar-refractivity contribution >= 4 is 27.7 Å². The summed E-state index contributed by atoms with van der Waals surface area (Å²) in [5.41, 5.74) is 2.14. The number of benzene rings is 3. The van der Waals surface area contributed by atoms with E-state index in [1.165, 1.54) is 19.0 Å². The molecule has 0 saturated heterocycles. The molecule has 1 N–H and O–H groups in total. The molecule has 3 aromatic rings. The van der Waals surface area contributed by atoms with Crippen molar-refractivity contribution in [3.63, 3.8) is 0 Å². The van der Waals surface area contributed by atoms with Crippen molar-refractivity contribution < 1.29 is 18.0 Å². The molecule has 40 heavy (non-hydrogen) atoms. The third-order valence-electron chi connectivity index (χ3n) is 7.23. The van der Waals surface area contributed by atoms with Crippen molar-refractivity contribution in [3.05, 3.63) is 102 Å². The molecule has 4 rings (SSSR count). The van der Waals surface area contributed by atoms with Gasteiger partial charge in [-0.2, -0.15) is 12.7 Å². The highest BCUT2D eigenvalue weighted by Gasteiger charge is 2.35. The summed E-state index contributed by atoms with van der Waals surface area (Å²) in [4.78, 5) is 29.6. The molecule has 0 aliphatic heterocycles. The summed E-state index contributed by atoms with van der Waals surface area (Å²) in [7, 11) is -1.13. The van der Waals surface area contributed by atoms with Crippen LogP contribution in [0.5, 0.6) is 0 Å². The molecule has 1 aliphatic rings. The number of carbonyl (C=O) groups is 2. The van der Waals surface area contributed by atoms with E-state index >= 15 is 0 Å². The first-order valence-electron chi connectivity index (χ1n) is 13.7. The molecule has 212 valence electrons. The second-order valence-corrected chi connectivity index (χ2v) is 12.4. The number of anilines is 1. The quantitative estimate of drug-likeness (QED) is 0.361. The van der Waals surface area contributed by atoms with Gasteiger partial charge in [0.15, 0.2) is 0 Å². The van der Waals surface area contributed by atoms with Gasteiger partial charge in [-0.3, -0.25) is 9.59 Å². The van der Waals surface area contributed by atoms with Crippen LogP contribution in [0.1, 0.15) is 36.8 Å².